The molecule has 0 radical (unpaired) electrons. The van der Waals surface area contributed by atoms with Gasteiger partial charge in [-0.25, -0.2) is 0 Å². The van der Waals surface area contributed by atoms with Crippen molar-refractivity contribution in [1.29, 1.82) is 0 Å². The van der Waals surface area contributed by atoms with Crippen molar-refractivity contribution in [2.45, 2.75) is 59.1 Å². The number of hydrogen-bond acceptors (Lipinski definition) is 2. The lowest BCUT2D eigenvalue weighted by molar-refractivity contribution is -0.161. The molecule has 0 aliphatic carbocycles. The number of hydrogen-bond donors (Lipinski definition) is 0. The van der Waals surface area contributed by atoms with E-state index in [0.717, 1.165) is 18.1 Å². The van der Waals surface area contributed by atoms with E-state index in [1.807, 2.05) is 12.1 Å². The maximum absolute atomic E-state index is 12.9. The smallest absolute Gasteiger partial charge is 0.421 e. The fourth-order valence-corrected chi connectivity index (χ4v) is 2.24. The molecule has 0 N–H and O–H groups in total. The minimum absolute atomic E-state index is 0.209. The van der Waals surface area contributed by atoms with E-state index in [2.05, 4.69) is 18.6 Å². The van der Waals surface area contributed by atoms with Gasteiger partial charge in [0.2, 0.25) is 5.76 Å². The van der Waals surface area contributed by atoms with Gasteiger partial charge in [-0.3, -0.25) is 4.79 Å². The summed E-state index contributed by atoms with van der Waals surface area (Å²) >= 11 is 0. The standard InChI is InChI=1S/C19H25F3O2/c1-5-6-7-17(19(20,21)22)24-18(23)14(4)16-10-8-15(9-11-16)12-13(2)3/h7-11,13-14H,5-6,12H2,1-4H3/b17-7+. The fraction of sp³-hybridized carbons (Fsp3) is 0.526. The van der Waals surface area contributed by atoms with E-state index in [1.165, 1.54) is 0 Å². The van der Waals surface area contributed by atoms with Crippen LogP contribution >= 0.6 is 0 Å². The Morgan fingerprint density at radius 3 is 2.21 bits per heavy atom. The Morgan fingerprint density at radius 2 is 1.75 bits per heavy atom. The van der Waals surface area contributed by atoms with Crippen molar-refractivity contribution in [1.82, 2.24) is 0 Å². The van der Waals surface area contributed by atoms with E-state index in [9.17, 15) is 18.0 Å². The second kappa shape index (κ2) is 8.90. The van der Waals surface area contributed by atoms with Gasteiger partial charge in [0.25, 0.3) is 0 Å². The predicted molar refractivity (Wildman–Crippen MR) is 88.5 cm³/mol. The third-order valence-corrected chi connectivity index (χ3v) is 3.59. The fourth-order valence-electron chi connectivity index (χ4n) is 2.24. The van der Waals surface area contributed by atoms with Crippen molar-refractivity contribution in [2.24, 2.45) is 5.92 Å². The van der Waals surface area contributed by atoms with E-state index in [1.54, 1.807) is 26.0 Å². The molecule has 0 bridgehead atoms. The summed E-state index contributed by atoms with van der Waals surface area (Å²) in [5.41, 5.74) is 1.78. The van der Waals surface area contributed by atoms with E-state index in [4.69, 9.17) is 0 Å². The second-order valence-corrected chi connectivity index (χ2v) is 6.34. The van der Waals surface area contributed by atoms with Crippen LogP contribution in [0, 0.1) is 5.92 Å². The number of benzene rings is 1. The average Bonchev–Trinajstić information content (AvgIpc) is 2.49. The zero-order valence-electron chi connectivity index (χ0n) is 14.6. The molecule has 1 unspecified atom stereocenters. The molecule has 0 aliphatic rings. The molecule has 0 aromatic heterocycles. The van der Waals surface area contributed by atoms with E-state index >= 15 is 0 Å². The SMILES string of the molecule is CCC/C=C(/OC(=O)C(C)c1ccc(CC(C)C)cc1)C(F)(F)F. The lowest BCUT2D eigenvalue weighted by Gasteiger charge is -2.16. The van der Waals surface area contributed by atoms with Crippen molar-refractivity contribution in [3.63, 3.8) is 0 Å². The van der Waals surface area contributed by atoms with Gasteiger partial charge in [-0.05, 0) is 42.9 Å². The topological polar surface area (TPSA) is 26.3 Å². The summed E-state index contributed by atoms with van der Waals surface area (Å²) in [5.74, 6) is -2.37. The van der Waals surface area contributed by atoms with Crippen LogP contribution in [0.5, 0.6) is 0 Å². The first-order chi connectivity index (χ1) is 11.1. The Morgan fingerprint density at radius 1 is 1.17 bits per heavy atom. The van der Waals surface area contributed by atoms with E-state index in [-0.39, 0.29) is 6.42 Å². The van der Waals surface area contributed by atoms with Crippen LogP contribution in [0.4, 0.5) is 13.2 Å². The van der Waals surface area contributed by atoms with Crippen molar-refractivity contribution in [2.75, 3.05) is 0 Å². The number of halogens is 3. The number of alkyl halides is 3. The summed E-state index contributed by atoms with van der Waals surface area (Å²) in [6, 6.07) is 7.34. The highest BCUT2D eigenvalue weighted by atomic mass is 19.4. The van der Waals surface area contributed by atoms with Gasteiger partial charge in [0.15, 0.2) is 0 Å². The first-order valence-corrected chi connectivity index (χ1v) is 8.23. The number of rotatable bonds is 7. The molecule has 0 heterocycles. The Balaban J connectivity index is 2.82. The zero-order valence-corrected chi connectivity index (χ0v) is 14.6. The lowest BCUT2D eigenvalue weighted by atomic mass is 9.97. The first kappa shape index (κ1) is 20.3. The minimum Gasteiger partial charge on any atom is -0.421 e. The highest BCUT2D eigenvalue weighted by Crippen LogP contribution is 2.29. The van der Waals surface area contributed by atoms with Crippen LogP contribution in [0.2, 0.25) is 0 Å². The van der Waals surface area contributed by atoms with Crippen LogP contribution in [0.3, 0.4) is 0 Å². The number of carbonyl (C=O) groups is 1. The Labute approximate surface area is 141 Å². The molecule has 0 amide bonds. The lowest BCUT2D eigenvalue weighted by Crippen LogP contribution is -2.21. The number of ether oxygens (including phenoxy) is 1. The van der Waals surface area contributed by atoms with Gasteiger partial charge in [0, 0.05) is 0 Å². The minimum atomic E-state index is -4.66. The summed E-state index contributed by atoms with van der Waals surface area (Å²) in [6.07, 6.45) is -2.07. The summed E-state index contributed by atoms with van der Waals surface area (Å²) in [4.78, 5) is 12.1. The molecule has 1 rings (SSSR count). The van der Waals surface area contributed by atoms with E-state index in [0.29, 0.717) is 17.9 Å². The molecule has 24 heavy (non-hydrogen) atoms. The third kappa shape index (κ3) is 6.38. The quantitative estimate of drug-likeness (QED) is 0.464. The number of carbonyl (C=O) groups excluding carboxylic acids is 1. The molecule has 5 heteroatoms. The first-order valence-electron chi connectivity index (χ1n) is 8.23. The molecule has 0 aliphatic heterocycles. The van der Waals surface area contributed by atoms with Crippen molar-refractivity contribution in [3.8, 4) is 0 Å². The van der Waals surface area contributed by atoms with Gasteiger partial charge >= 0.3 is 12.1 Å². The van der Waals surface area contributed by atoms with Crippen molar-refractivity contribution in [3.05, 3.63) is 47.2 Å². The molecule has 134 valence electrons. The van der Waals surface area contributed by atoms with E-state index < -0.39 is 23.8 Å². The highest BCUT2D eigenvalue weighted by Gasteiger charge is 2.38. The second-order valence-electron chi connectivity index (χ2n) is 6.34. The molecule has 1 atom stereocenters. The monoisotopic (exact) mass is 342 g/mol. The molecule has 1 aromatic carbocycles. The van der Waals surface area contributed by atoms with Crippen LogP contribution in [-0.2, 0) is 16.0 Å². The van der Waals surface area contributed by atoms with Gasteiger partial charge in [-0.15, -0.1) is 0 Å². The Kier molecular flexibility index (Phi) is 7.52. The van der Waals surface area contributed by atoms with Crippen LogP contribution in [0.25, 0.3) is 0 Å². The van der Waals surface area contributed by atoms with Gasteiger partial charge in [-0.1, -0.05) is 51.5 Å². The predicted octanol–water partition coefficient (Wildman–Crippen LogP) is 5.78. The van der Waals surface area contributed by atoms with Crippen LogP contribution in [0.15, 0.2) is 36.1 Å². The Bertz CT molecular complexity index is 557. The summed E-state index contributed by atoms with van der Waals surface area (Å²) < 4.78 is 43.3. The van der Waals surface area contributed by atoms with Crippen LogP contribution in [-0.4, -0.2) is 12.1 Å². The molecule has 0 saturated heterocycles. The average molecular weight is 342 g/mol. The van der Waals surface area contributed by atoms with Gasteiger partial charge in [0.05, 0.1) is 5.92 Å². The van der Waals surface area contributed by atoms with Gasteiger partial charge in [0.1, 0.15) is 0 Å². The molecule has 1 aromatic rings. The zero-order chi connectivity index (χ0) is 18.3. The van der Waals surface area contributed by atoms with Gasteiger partial charge in [-0.2, -0.15) is 13.2 Å². The van der Waals surface area contributed by atoms with Gasteiger partial charge < -0.3 is 4.74 Å². The molecule has 2 nitrogen and oxygen atoms in total. The molecular weight excluding hydrogens is 317 g/mol. The number of esters is 1. The third-order valence-electron chi connectivity index (χ3n) is 3.59. The normalized spacial score (nSPS) is 13.9. The largest absolute Gasteiger partial charge is 0.449 e. The molecular formula is C19H25F3O2. The summed E-state index contributed by atoms with van der Waals surface area (Å²) in [7, 11) is 0. The molecule has 0 spiro atoms. The molecule has 0 saturated carbocycles. The summed E-state index contributed by atoms with van der Waals surface area (Å²) in [5, 5.41) is 0. The van der Waals surface area contributed by atoms with Crippen LogP contribution in [0.1, 0.15) is 57.6 Å². The Hall–Kier alpha value is -1.78. The van der Waals surface area contributed by atoms with Crippen LogP contribution < -0.4 is 0 Å². The molecule has 0 fully saturated rings. The maximum atomic E-state index is 12.9. The number of unbranched alkanes of at least 4 members (excludes halogenated alkanes) is 1. The maximum Gasteiger partial charge on any atom is 0.449 e. The highest BCUT2D eigenvalue weighted by molar-refractivity contribution is 5.78. The number of allylic oxidation sites excluding steroid dienone is 2. The van der Waals surface area contributed by atoms with Crippen molar-refractivity contribution >= 4 is 5.97 Å². The van der Waals surface area contributed by atoms with Crippen molar-refractivity contribution < 1.29 is 22.7 Å². The summed E-state index contributed by atoms with van der Waals surface area (Å²) in [6.45, 7) is 7.52.